The second-order valence-corrected chi connectivity index (χ2v) is 5.34. The van der Waals surface area contributed by atoms with E-state index in [1.165, 1.54) is 0 Å². The SMILES string of the molecule is CCCCNC(=O)C1CC(=O)N(c2ccccc2C)C1. The van der Waals surface area contributed by atoms with Crippen molar-refractivity contribution in [1.29, 1.82) is 0 Å². The molecule has 4 nitrogen and oxygen atoms in total. The molecule has 2 amide bonds. The van der Waals surface area contributed by atoms with Crippen molar-refractivity contribution < 1.29 is 9.59 Å². The number of para-hydroxylation sites is 1. The van der Waals surface area contributed by atoms with Gasteiger partial charge in [0.25, 0.3) is 0 Å². The maximum atomic E-state index is 12.1. The third-order valence-electron chi connectivity index (χ3n) is 3.73. The Morgan fingerprint density at radius 3 is 2.85 bits per heavy atom. The highest BCUT2D eigenvalue weighted by molar-refractivity contribution is 6.00. The van der Waals surface area contributed by atoms with E-state index in [9.17, 15) is 9.59 Å². The van der Waals surface area contributed by atoms with Crippen LogP contribution in [0.1, 0.15) is 31.7 Å². The first-order valence-electron chi connectivity index (χ1n) is 7.27. The zero-order chi connectivity index (χ0) is 14.5. The van der Waals surface area contributed by atoms with Crippen LogP contribution in [0.25, 0.3) is 0 Å². The monoisotopic (exact) mass is 274 g/mol. The normalized spacial score (nSPS) is 18.4. The van der Waals surface area contributed by atoms with Crippen molar-refractivity contribution in [2.75, 3.05) is 18.0 Å². The summed E-state index contributed by atoms with van der Waals surface area (Å²) in [5.41, 5.74) is 1.98. The zero-order valence-corrected chi connectivity index (χ0v) is 12.2. The van der Waals surface area contributed by atoms with E-state index in [0.717, 1.165) is 24.1 Å². The van der Waals surface area contributed by atoms with Gasteiger partial charge in [0.15, 0.2) is 0 Å². The smallest absolute Gasteiger partial charge is 0.227 e. The van der Waals surface area contributed by atoms with Crippen molar-refractivity contribution in [3.8, 4) is 0 Å². The number of aryl methyl sites for hydroxylation is 1. The summed E-state index contributed by atoms with van der Waals surface area (Å²) in [6.45, 7) is 5.26. The van der Waals surface area contributed by atoms with E-state index in [-0.39, 0.29) is 17.7 Å². The number of nitrogens with zero attached hydrogens (tertiary/aromatic N) is 1. The van der Waals surface area contributed by atoms with Crippen molar-refractivity contribution in [2.24, 2.45) is 5.92 Å². The van der Waals surface area contributed by atoms with Crippen molar-refractivity contribution in [2.45, 2.75) is 33.1 Å². The summed E-state index contributed by atoms with van der Waals surface area (Å²) in [6, 6.07) is 7.79. The summed E-state index contributed by atoms with van der Waals surface area (Å²) >= 11 is 0. The minimum atomic E-state index is -0.223. The molecule has 0 aromatic heterocycles. The fourth-order valence-electron chi connectivity index (χ4n) is 2.52. The molecular weight excluding hydrogens is 252 g/mol. The molecule has 0 aliphatic carbocycles. The molecule has 1 aliphatic rings. The molecule has 1 unspecified atom stereocenters. The molecule has 20 heavy (non-hydrogen) atoms. The average Bonchev–Trinajstić information content (AvgIpc) is 2.81. The number of unbranched alkanes of at least 4 members (excludes halogenated alkanes) is 1. The second-order valence-electron chi connectivity index (χ2n) is 5.34. The Bertz CT molecular complexity index is 499. The second kappa shape index (κ2) is 6.55. The molecular formula is C16H22N2O2. The van der Waals surface area contributed by atoms with E-state index < -0.39 is 0 Å². The van der Waals surface area contributed by atoms with Gasteiger partial charge in [0, 0.05) is 25.2 Å². The van der Waals surface area contributed by atoms with E-state index in [0.29, 0.717) is 19.5 Å². The van der Waals surface area contributed by atoms with Gasteiger partial charge in [0.1, 0.15) is 0 Å². The summed E-state index contributed by atoms with van der Waals surface area (Å²) in [5, 5.41) is 2.91. The van der Waals surface area contributed by atoms with Gasteiger partial charge in [-0.25, -0.2) is 0 Å². The zero-order valence-electron chi connectivity index (χ0n) is 12.2. The summed E-state index contributed by atoms with van der Waals surface area (Å²) in [5.74, 6) is -0.184. The van der Waals surface area contributed by atoms with Gasteiger partial charge < -0.3 is 10.2 Å². The van der Waals surface area contributed by atoms with Crippen LogP contribution in [0.3, 0.4) is 0 Å². The first-order valence-corrected chi connectivity index (χ1v) is 7.27. The van der Waals surface area contributed by atoms with Crippen LogP contribution >= 0.6 is 0 Å². The third kappa shape index (κ3) is 3.18. The number of benzene rings is 1. The predicted octanol–water partition coefficient (Wildman–Crippen LogP) is 2.26. The molecule has 1 aliphatic heterocycles. The van der Waals surface area contributed by atoms with Crippen molar-refractivity contribution in [3.05, 3.63) is 29.8 Å². The van der Waals surface area contributed by atoms with E-state index in [1.807, 2.05) is 31.2 Å². The number of hydrogen-bond acceptors (Lipinski definition) is 2. The summed E-state index contributed by atoms with van der Waals surface area (Å²) in [4.78, 5) is 25.9. The fourth-order valence-corrected chi connectivity index (χ4v) is 2.52. The van der Waals surface area contributed by atoms with Gasteiger partial charge in [0.05, 0.1) is 5.92 Å². The van der Waals surface area contributed by atoms with E-state index in [2.05, 4.69) is 12.2 Å². The van der Waals surface area contributed by atoms with Crippen LogP contribution in [0.5, 0.6) is 0 Å². The molecule has 1 N–H and O–H groups in total. The molecule has 1 saturated heterocycles. The summed E-state index contributed by atoms with van der Waals surface area (Å²) in [7, 11) is 0. The Balaban J connectivity index is 2.00. The molecule has 0 bridgehead atoms. The van der Waals surface area contributed by atoms with Gasteiger partial charge in [-0.1, -0.05) is 31.5 Å². The quantitative estimate of drug-likeness (QED) is 0.837. The number of hydrogen-bond donors (Lipinski definition) is 1. The maximum absolute atomic E-state index is 12.1. The van der Waals surface area contributed by atoms with E-state index in [4.69, 9.17) is 0 Å². The topological polar surface area (TPSA) is 49.4 Å². The van der Waals surface area contributed by atoms with Gasteiger partial charge in [-0.2, -0.15) is 0 Å². The highest BCUT2D eigenvalue weighted by Gasteiger charge is 2.35. The molecule has 1 aromatic carbocycles. The molecule has 0 saturated carbocycles. The number of nitrogens with one attached hydrogen (secondary N) is 1. The molecule has 2 rings (SSSR count). The average molecular weight is 274 g/mol. The van der Waals surface area contributed by atoms with Crippen LogP contribution < -0.4 is 10.2 Å². The van der Waals surface area contributed by atoms with Crippen LogP contribution in [-0.4, -0.2) is 24.9 Å². The molecule has 0 spiro atoms. The Morgan fingerprint density at radius 2 is 2.15 bits per heavy atom. The minimum Gasteiger partial charge on any atom is -0.356 e. The highest BCUT2D eigenvalue weighted by atomic mass is 16.2. The summed E-state index contributed by atoms with van der Waals surface area (Å²) in [6.07, 6.45) is 2.35. The van der Waals surface area contributed by atoms with Crippen LogP contribution in [-0.2, 0) is 9.59 Å². The van der Waals surface area contributed by atoms with Crippen molar-refractivity contribution in [1.82, 2.24) is 5.32 Å². The number of amides is 2. The maximum Gasteiger partial charge on any atom is 0.227 e. The molecule has 0 radical (unpaired) electrons. The van der Waals surface area contributed by atoms with Crippen molar-refractivity contribution >= 4 is 17.5 Å². The number of carbonyl (C=O) groups excluding carboxylic acids is 2. The van der Waals surface area contributed by atoms with Gasteiger partial charge in [-0.05, 0) is 25.0 Å². The lowest BCUT2D eigenvalue weighted by Crippen LogP contribution is -2.33. The lowest BCUT2D eigenvalue weighted by molar-refractivity contribution is -0.126. The first-order chi connectivity index (χ1) is 9.63. The van der Waals surface area contributed by atoms with Gasteiger partial charge >= 0.3 is 0 Å². The van der Waals surface area contributed by atoms with Gasteiger partial charge in [-0.3, -0.25) is 9.59 Å². The third-order valence-corrected chi connectivity index (χ3v) is 3.73. The molecule has 4 heteroatoms. The highest BCUT2D eigenvalue weighted by Crippen LogP contribution is 2.27. The number of carbonyl (C=O) groups is 2. The first kappa shape index (κ1) is 14.6. The van der Waals surface area contributed by atoms with Crippen LogP contribution in [0.2, 0.25) is 0 Å². The Kier molecular flexibility index (Phi) is 4.77. The Morgan fingerprint density at radius 1 is 1.40 bits per heavy atom. The van der Waals surface area contributed by atoms with Crippen LogP contribution in [0.4, 0.5) is 5.69 Å². The van der Waals surface area contributed by atoms with Gasteiger partial charge in [-0.15, -0.1) is 0 Å². The van der Waals surface area contributed by atoms with Crippen LogP contribution in [0.15, 0.2) is 24.3 Å². The molecule has 1 fully saturated rings. The molecule has 108 valence electrons. The molecule has 1 aromatic rings. The van der Waals surface area contributed by atoms with Gasteiger partial charge in [0.2, 0.25) is 11.8 Å². The largest absolute Gasteiger partial charge is 0.356 e. The van der Waals surface area contributed by atoms with Crippen molar-refractivity contribution in [3.63, 3.8) is 0 Å². The lowest BCUT2D eigenvalue weighted by Gasteiger charge is -2.18. The molecule has 1 atom stereocenters. The fraction of sp³-hybridized carbons (Fsp3) is 0.500. The Labute approximate surface area is 120 Å². The summed E-state index contributed by atoms with van der Waals surface area (Å²) < 4.78 is 0. The lowest BCUT2D eigenvalue weighted by atomic mass is 10.1. The minimum absolute atomic E-state index is 0.00267. The molecule has 1 heterocycles. The van der Waals surface area contributed by atoms with E-state index >= 15 is 0 Å². The van der Waals surface area contributed by atoms with Crippen LogP contribution in [0, 0.1) is 12.8 Å². The van der Waals surface area contributed by atoms with E-state index in [1.54, 1.807) is 4.90 Å². The standard InChI is InChI=1S/C16H22N2O2/c1-3-4-9-17-16(20)13-10-15(19)18(11-13)14-8-6-5-7-12(14)2/h5-8,13H,3-4,9-11H2,1-2H3,(H,17,20). The number of rotatable bonds is 5. The number of anilines is 1. The Hall–Kier alpha value is -1.84. The predicted molar refractivity (Wildman–Crippen MR) is 79.6 cm³/mol.